The summed E-state index contributed by atoms with van der Waals surface area (Å²) in [5, 5.41) is 3.67. The van der Waals surface area contributed by atoms with Crippen LogP contribution in [0.15, 0.2) is 4.52 Å². The quantitative estimate of drug-likeness (QED) is 0.904. The van der Waals surface area contributed by atoms with Gasteiger partial charge in [0.2, 0.25) is 15.9 Å². The molecule has 0 aliphatic heterocycles. The number of alkyl halides is 2. The van der Waals surface area contributed by atoms with E-state index in [0.29, 0.717) is 19.1 Å². The van der Waals surface area contributed by atoms with E-state index in [9.17, 15) is 17.2 Å². The molecule has 1 aromatic heterocycles. The average molecular weight is 294 g/mol. The fourth-order valence-electron chi connectivity index (χ4n) is 1.98. The van der Waals surface area contributed by atoms with Gasteiger partial charge in [0.05, 0.1) is 5.75 Å². The smallest absolute Gasteiger partial charge is 0.246 e. The van der Waals surface area contributed by atoms with E-state index >= 15 is 0 Å². The van der Waals surface area contributed by atoms with Gasteiger partial charge in [0.1, 0.15) is 5.76 Å². The summed E-state index contributed by atoms with van der Waals surface area (Å²) < 4.78 is 56.1. The number of hydrogen-bond donors (Lipinski definition) is 1. The monoisotopic (exact) mass is 294 g/mol. The van der Waals surface area contributed by atoms with Crippen LogP contribution in [0.25, 0.3) is 0 Å². The van der Waals surface area contributed by atoms with Gasteiger partial charge in [-0.3, -0.25) is 4.72 Å². The maximum absolute atomic E-state index is 12.7. The average Bonchev–Trinajstić information content (AvgIpc) is 2.69. The van der Waals surface area contributed by atoms with Gasteiger partial charge in [-0.2, -0.15) is 0 Å². The maximum atomic E-state index is 12.7. The van der Waals surface area contributed by atoms with Gasteiger partial charge in [0, 0.05) is 18.4 Å². The van der Waals surface area contributed by atoms with Crippen molar-refractivity contribution < 1.29 is 21.7 Å². The molecule has 1 aromatic rings. The molecule has 2 rings (SSSR count). The molecule has 108 valence electrons. The molecule has 0 saturated heterocycles. The molecule has 0 saturated carbocycles. The summed E-state index contributed by atoms with van der Waals surface area (Å²) in [5.74, 6) is -2.81. The van der Waals surface area contributed by atoms with Gasteiger partial charge >= 0.3 is 0 Å². The van der Waals surface area contributed by atoms with Gasteiger partial charge in [-0.05, 0) is 26.2 Å². The van der Waals surface area contributed by atoms with Crippen molar-refractivity contribution in [3.8, 4) is 0 Å². The highest BCUT2D eigenvalue weighted by Gasteiger charge is 2.27. The Morgan fingerprint density at radius 1 is 1.37 bits per heavy atom. The van der Waals surface area contributed by atoms with Gasteiger partial charge in [-0.1, -0.05) is 5.16 Å². The van der Waals surface area contributed by atoms with Crippen molar-refractivity contribution in [1.82, 2.24) is 5.16 Å². The second-order valence-corrected chi connectivity index (χ2v) is 6.72. The van der Waals surface area contributed by atoms with Crippen LogP contribution < -0.4 is 4.72 Å². The van der Waals surface area contributed by atoms with Crippen LogP contribution in [0.1, 0.15) is 37.5 Å². The Balaban J connectivity index is 2.06. The minimum atomic E-state index is -3.82. The van der Waals surface area contributed by atoms with Gasteiger partial charge in [0.25, 0.3) is 0 Å². The molecule has 0 amide bonds. The molecule has 0 radical (unpaired) electrons. The van der Waals surface area contributed by atoms with E-state index < -0.39 is 28.1 Å². The highest BCUT2D eigenvalue weighted by atomic mass is 32.2. The second kappa shape index (κ2) is 5.07. The Kier molecular flexibility index (Phi) is 3.80. The molecule has 1 aliphatic carbocycles. The molecule has 0 unspecified atom stereocenters. The molecule has 8 heteroatoms. The van der Waals surface area contributed by atoms with E-state index in [1.165, 1.54) is 0 Å². The van der Waals surface area contributed by atoms with Crippen molar-refractivity contribution in [2.45, 2.75) is 45.0 Å². The number of nitrogens with zero attached hydrogens (tertiary/aromatic N) is 1. The number of anilines is 1. The van der Waals surface area contributed by atoms with Crippen LogP contribution in [0.2, 0.25) is 0 Å². The Morgan fingerprint density at radius 3 is 2.74 bits per heavy atom. The number of hydrogen-bond acceptors (Lipinski definition) is 4. The van der Waals surface area contributed by atoms with Crippen LogP contribution in [0, 0.1) is 0 Å². The Labute approximate surface area is 110 Å². The van der Waals surface area contributed by atoms with E-state index in [0.717, 1.165) is 24.8 Å². The van der Waals surface area contributed by atoms with Crippen molar-refractivity contribution in [2.24, 2.45) is 0 Å². The van der Waals surface area contributed by atoms with Crippen LogP contribution >= 0.6 is 0 Å². The first kappa shape index (κ1) is 14.2. The normalized spacial score (nSPS) is 16.2. The minimum absolute atomic E-state index is 0.147. The third kappa shape index (κ3) is 3.89. The van der Waals surface area contributed by atoms with Gasteiger partial charge < -0.3 is 4.52 Å². The lowest BCUT2D eigenvalue weighted by Gasteiger charge is -2.12. The highest BCUT2D eigenvalue weighted by Crippen LogP contribution is 2.28. The van der Waals surface area contributed by atoms with E-state index in [2.05, 4.69) is 9.88 Å². The third-order valence-electron chi connectivity index (χ3n) is 3.01. The summed E-state index contributed by atoms with van der Waals surface area (Å²) in [6.07, 6.45) is 2.63. The van der Waals surface area contributed by atoms with Crippen LogP contribution in [-0.2, 0) is 22.9 Å². The predicted octanol–water partition coefficient (Wildman–Crippen LogP) is 2.34. The summed E-state index contributed by atoms with van der Waals surface area (Å²) in [6.45, 7) is 0.695. The number of nitrogens with one attached hydrogen (secondary N) is 1. The Bertz CT molecular complexity index is 549. The summed E-state index contributed by atoms with van der Waals surface area (Å²) in [4.78, 5) is 0. The van der Waals surface area contributed by atoms with Crippen molar-refractivity contribution in [2.75, 3.05) is 10.5 Å². The topological polar surface area (TPSA) is 72.2 Å². The number of sulfonamides is 1. The zero-order valence-electron chi connectivity index (χ0n) is 10.6. The molecule has 5 nitrogen and oxygen atoms in total. The lowest BCUT2D eigenvalue weighted by Crippen LogP contribution is -2.23. The molecular formula is C11H16F2N2O3S. The lowest BCUT2D eigenvalue weighted by atomic mass is 9.98. The molecule has 0 atom stereocenters. The van der Waals surface area contributed by atoms with Crippen molar-refractivity contribution in [3.63, 3.8) is 0 Å². The SMILES string of the molecule is CC(F)(F)CCS(=O)(=O)Nc1noc2c1CCCC2. The molecule has 0 bridgehead atoms. The summed E-state index contributed by atoms with van der Waals surface area (Å²) in [7, 11) is -3.82. The molecule has 19 heavy (non-hydrogen) atoms. The minimum Gasteiger partial charge on any atom is -0.359 e. The first-order chi connectivity index (χ1) is 8.77. The standard InChI is InChI=1S/C11H16F2N2O3S/c1-11(12,13)6-7-19(16,17)15-10-8-4-2-3-5-9(8)18-14-10/h2-7H2,1H3,(H,14,15). The van der Waals surface area contributed by atoms with Crippen molar-refractivity contribution in [3.05, 3.63) is 11.3 Å². The number of aromatic nitrogens is 1. The lowest BCUT2D eigenvalue weighted by molar-refractivity contribution is 0.0189. The Hall–Kier alpha value is -1.18. The third-order valence-corrected chi connectivity index (χ3v) is 4.26. The van der Waals surface area contributed by atoms with E-state index in [1.807, 2.05) is 0 Å². The van der Waals surface area contributed by atoms with Crippen LogP contribution in [0.4, 0.5) is 14.6 Å². The number of fused-ring (bicyclic) bond motifs is 1. The predicted molar refractivity (Wildman–Crippen MR) is 65.8 cm³/mol. The fraction of sp³-hybridized carbons (Fsp3) is 0.727. The van der Waals surface area contributed by atoms with Crippen molar-refractivity contribution in [1.29, 1.82) is 0 Å². The largest absolute Gasteiger partial charge is 0.359 e. The second-order valence-electron chi connectivity index (χ2n) is 4.88. The molecule has 1 N–H and O–H groups in total. The molecule has 1 heterocycles. The van der Waals surface area contributed by atoms with E-state index in [1.54, 1.807) is 0 Å². The van der Waals surface area contributed by atoms with E-state index in [4.69, 9.17) is 4.52 Å². The first-order valence-electron chi connectivity index (χ1n) is 6.13. The number of aryl methyl sites for hydroxylation is 1. The molecule has 1 aliphatic rings. The van der Waals surface area contributed by atoms with E-state index in [-0.39, 0.29) is 5.82 Å². The van der Waals surface area contributed by atoms with Gasteiger partial charge in [-0.15, -0.1) is 0 Å². The highest BCUT2D eigenvalue weighted by molar-refractivity contribution is 7.92. The number of rotatable bonds is 5. The van der Waals surface area contributed by atoms with Crippen LogP contribution in [-0.4, -0.2) is 25.2 Å². The van der Waals surface area contributed by atoms with Crippen LogP contribution in [0.5, 0.6) is 0 Å². The maximum Gasteiger partial charge on any atom is 0.246 e. The Morgan fingerprint density at radius 2 is 2.05 bits per heavy atom. The summed E-state index contributed by atoms with van der Waals surface area (Å²) in [5.41, 5.74) is 0.748. The molecule has 0 spiro atoms. The zero-order chi connectivity index (χ0) is 14.1. The van der Waals surface area contributed by atoms with Crippen LogP contribution in [0.3, 0.4) is 0 Å². The molecular weight excluding hydrogens is 278 g/mol. The van der Waals surface area contributed by atoms with Gasteiger partial charge in [0.15, 0.2) is 5.82 Å². The summed E-state index contributed by atoms with van der Waals surface area (Å²) in [6, 6.07) is 0. The fourth-order valence-corrected chi connectivity index (χ4v) is 3.16. The summed E-state index contributed by atoms with van der Waals surface area (Å²) >= 11 is 0. The zero-order valence-corrected chi connectivity index (χ0v) is 11.4. The molecule has 0 aromatic carbocycles. The first-order valence-corrected chi connectivity index (χ1v) is 7.78. The van der Waals surface area contributed by atoms with Crippen molar-refractivity contribution >= 4 is 15.8 Å². The number of halogens is 2. The van der Waals surface area contributed by atoms with Gasteiger partial charge in [-0.25, -0.2) is 17.2 Å². The molecule has 0 fully saturated rings.